The van der Waals surface area contributed by atoms with E-state index in [9.17, 15) is 0 Å². The molecule has 0 fully saturated rings. The van der Waals surface area contributed by atoms with Crippen molar-refractivity contribution >= 4 is 17.3 Å². The first kappa shape index (κ1) is 19.1. The Labute approximate surface area is 154 Å². The molecule has 0 aliphatic heterocycles. The summed E-state index contributed by atoms with van der Waals surface area (Å²) in [5.74, 6) is 2.96. The van der Waals surface area contributed by atoms with Crippen molar-refractivity contribution in [3.63, 3.8) is 0 Å². The number of nitrogens with zero attached hydrogens (tertiary/aromatic N) is 1. The number of aliphatic imine (C=N–C) groups is 1. The molecule has 0 saturated heterocycles. The number of benzene rings is 1. The molecule has 0 radical (unpaired) electrons. The van der Waals surface area contributed by atoms with E-state index < -0.39 is 0 Å². The topological polar surface area (TPSA) is 54.9 Å². The number of thiophene rings is 1. The quantitative estimate of drug-likeness (QED) is 0.560. The van der Waals surface area contributed by atoms with Crippen molar-refractivity contribution in [3.8, 4) is 11.5 Å². The smallest absolute Gasteiger partial charge is 0.191 e. The Morgan fingerprint density at radius 1 is 1.20 bits per heavy atom. The van der Waals surface area contributed by atoms with E-state index in [2.05, 4.69) is 39.4 Å². The fourth-order valence-corrected chi connectivity index (χ4v) is 3.32. The molecule has 136 valence electrons. The van der Waals surface area contributed by atoms with Gasteiger partial charge in [0, 0.05) is 20.1 Å². The molecule has 0 saturated carbocycles. The van der Waals surface area contributed by atoms with Crippen LogP contribution in [0.15, 0.2) is 40.0 Å². The maximum Gasteiger partial charge on any atom is 0.191 e. The minimum absolute atomic E-state index is 0.447. The fourth-order valence-electron chi connectivity index (χ4n) is 2.54. The number of rotatable bonds is 8. The van der Waals surface area contributed by atoms with E-state index in [0.29, 0.717) is 5.92 Å². The molecule has 6 heteroatoms. The van der Waals surface area contributed by atoms with Crippen LogP contribution in [0.4, 0.5) is 0 Å². The average molecular weight is 362 g/mol. The van der Waals surface area contributed by atoms with Gasteiger partial charge in [-0.3, -0.25) is 4.99 Å². The van der Waals surface area contributed by atoms with Crippen molar-refractivity contribution in [3.05, 3.63) is 46.2 Å². The number of hydrogen-bond acceptors (Lipinski definition) is 4. The van der Waals surface area contributed by atoms with E-state index in [1.54, 1.807) is 32.6 Å². The van der Waals surface area contributed by atoms with Crippen LogP contribution < -0.4 is 20.1 Å². The second-order valence-electron chi connectivity index (χ2n) is 5.77. The van der Waals surface area contributed by atoms with Crippen LogP contribution in [-0.2, 0) is 6.42 Å². The zero-order valence-electron chi connectivity index (χ0n) is 15.3. The number of guanidine groups is 1. The lowest BCUT2D eigenvalue weighted by Gasteiger charge is -2.16. The summed E-state index contributed by atoms with van der Waals surface area (Å²) in [4.78, 5) is 4.29. The molecule has 0 spiro atoms. The Hall–Kier alpha value is -2.21. The van der Waals surface area contributed by atoms with Gasteiger partial charge >= 0.3 is 0 Å². The van der Waals surface area contributed by atoms with Crippen molar-refractivity contribution in [2.24, 2.45) is 4.99 Å². The van der Waals surface area contributed by atoms with Crippen LogP contribution in [0.5, 0.6) is 11.5 Å². The first-order valence-electron chi connectivity index (χ1n) is 8.35. The van der Waals surface area contributed by atoms with Crippen molar-refractivity contribution < 1.29 is 9.47 Å². The van der Waals surface area contributed by atoms with E-state index >= 15 is 0 Å². The van der Waals surface area contributed by atoms with Gasteiger partial charge in [-0.1, -0.05) is 6.92 Å². The second-order valence-corrected chi connectivity index (χ2v) is 6.55. The van der Waals surface area contributed by atoms with Crippen LogP contribution >= 0.6 is 11.3 Å². The third kappa shape index (κ3) is 5.67. The lowest BCUT2D eigenvalue weighted by Crippen LogP contribution is -2.39. The number of hydrogen-bond donors (Lipinski definition) is 2. The van der Waals surface area contributed by atoms with Crippen LogP contribution in [0.1, 0.15) is 24.0 Å². The minimum Gasteiger partial charge on any atom is -0.497 e. The molecule has 2 rings (SSSR count). The summed E-state index contributed by atoms with van der Waals surface area (Å²) in [5, 5.41) is 11.0. The Bertz CT molecular complexity index is 671. The maximum atomic E-state index is 5.42. The van der Waals surface area contributed by atoms with Crippen molar-refractivity contribution in [2.75, 3.05) is 34.4 Å². The summed E-state index contributed by atoms with van der Waals surface area (Å²) < 4.78 is 10.7. The van der Waals surface area contributed by atoms with Crippen LogP contribution in [-0.4, -0.2) is 40.3 Å². The highest BCUT2D eigenvalue weighted by atomic mass is 32.1. The fraction of sp³-hybridized carbons (Fsp3) is 0.421. The van der Waals surface area contributed by atoms with Gasteiger partial charge in [0.2, 0.25) is 0 Å². The van der Waals surface area contributed by atoms with Crippen molar-refractivity contribution in [1.82, 2.24) is 10.6 Å². The van der Waals surface area contributed by atoms with Crippen molar-refractivity contribution in [1.29, 1.82) is 0 Å². The van der Waals surface area contributed by atoms with E-state index in [-0.39, 0.29) is 0 Å². The van der Waals surface area contributed by atoms with Gasteiger partial charge < -0.3 is 20.1 Å². The molecule has 0 aliphatic carbocycles. The molecular formula is C19H27N3O2S. The van der Waals surface area contributed by atoms with Crippen LogP contribution in [0.2, 0.25) is 0 Å². The SMILES string of the molecule is CN=C(NCCc1cc(OC)ccc1OC)NCC(C)c1ccsc1. The Morgan fingerprint density at radius 2 is 2.04 bits per heavy atom. The molecular weight excluding hydrogens is 334 g/mol. The minimum atomic E-state index is 0.447. The molecule has 1 atom stereocenters. The summed E-state index contributed by atoms with van der Waals surface area (Å²) in [7, 11) is 5.14. The summed E-state index contributed by atoms with van der Waals surface area (Å²) in [6.45, 7) is 3.82. The lowest BCUT2D eigenvalue weighted by molar-refractivity contribution is 0.398. The largest absolute Gasteiger partial charge is 0.497 e. The summed E-state index contributed by atoms with van der Waals surface area (Å²) in [6, 6.07) is 8.02. The van der Waals surface area contributed by atoms with Crippen LogP contribution in [0.25, 0.3) is 0 Å². The molecule has 25 heavy (non-hydrogen) atoms. The van der Waals surface area contributed by atoms with Gasteiger partial charge in [0.05, 0.1) is 14.2 Å². The van der Waals surface area contributed by atoms with Gasteiger partial charge in [-0.15, -0.1) is 0 Å². The monoisotopic (exact) mass is 361 g/mol. The third-order valence-corrected chi connectivity index (χ3v) is 4.79. The zero-order valence-corrected chi connectivity index (χ0v) is 16.2. The van der Waals surface area contributed by atoms with Crippen LogP contribution in [0.3, 0.4) is 0 Å². The third-order valence-electron chi connectivity index (χ3n) is 4.09. The Morgan fingerprint density at radius 3 is 2.68 bits per heavy atom. The maximum absolute atomic E-state index is 5.42. The highest BCUT2D eigenvalue weighted by Crippen LogP contribution is 2.24. The molecule has 2 N–H and O–H groups in total. The van der Waals surface area contributed by atoms with Crippen molar-refractivity contribution in [2.45, 2.75) is 19.3 Å². The lowest BCUT2D eigenvalue weighted by atomic mass is 10.1. The molecule has 5 nitrogen and oxygen atoms in total. The molecule has 1 unspecified atom stereocenters. The van der Waals surface area contributed by atoms with Gasteiger partial charge in [0.25, 0.3) is 0 Å². The van der Waals surface area contributed by atoms with E-state index in [1.807, 2.05) is 18.2 Å². The summed E-state index contributed by atoms with van der Waals surface area (Å²) in [6.07, 6.45) is 0.821. The Kier molecular flexibility index (Phi) is 7.60. The highest BCUT2D eigenvalue weighted by molar-refractivity contribution is 7.07. The first-order chi connectivity index (χ1) is 12.2. The second kappa shape index (κ2) is 9.93. The van der Waals surface area contributed by atoms with E-state index in [4.69, 9.17) is 9.47 Å². The standard InChI is InChI=1S/C19H27N3O2S/c1-14(16-8-10-25-13-16)12-22-19(20-2)21-9-7-15-11-17(23-3)5-6-18(15)24-4/h5-6,8,10-11,13-14H,7,9,12H2,1-4H3,(H2,20,21,22). The van der Waals surface area contributed by atoms with Crippen LogP contribution in [0, 0.1) is 0 Å². The predicted octanol–water partition coefficient (Wildman–Crippen LogP) is 3.28. The van der Waals surface area contributed by atoms with Gasteiger partial charge in [-0.05, 0) is 58.5 Å². The predicted molar refractivity (Wildman–Crippen MR) is 105 cm³/mol. The normalized spacial score (nSPS) is 12.6. The molecule has 1 heterocycles. The molecule has 0 bridgehead atoms. The summed E-state index contributed by atoms with van der Waals surface area (Å²) >= 11 is 1.73. The Balaban J connectivity index is 1.83. The molecule has 0 amide bonds. The van der Waals surface area contributed by atoms with Gasteiger partial charge in [0.15, 0.2) is 5.96 Å². The molecule has 1 aromatic heterocycles. The number of ether oxygens (including phenoxy) is 2. The average Bonchev–Trinajstić information content (AvgIpc) is 3.18. The van der Waals surface area contributed by atoms with E-state index in [0.717, 1.165) is 42.5 Å². The van der Waals surface area contributed by atoms with E-state index in [1.165, 1.54) is 5.56 Å². The molecule has 0 aliphatic rings. The molecule has 2 aromatic rings. The van der Waals surface area contributed by atoms with Gasteiger partial charge in [-0.25, -0.2) is 0 Å². The number of methoxy groups -OCH3 is 2. The molecule has 1 aromatic carbocycles. The summed E-state index contributed by atoms with van der Waals surface area (Å²) in [5.41, 5.74) is 2.46. The number of nitrogens with one attached hydrogen (secondary N) is 2. The highest BCUT2D eigenvalue weighted by Gasteiger charge is 2.08. The van der Waals surface area contributed by atoms with Gasteiger partial charge in [-0.2, -0.15) is 11.3 Å². The zero-order chi connectivity index (χ0) is 18.1. The first-order valence-corrected chi connectivity index (χ1v) is 9.29. The van der Waals surface area contributed by atoms with Gasteiger partial charge in [0.1, 0.15) is 11.5 Å².